The van der Waals surface area contributed by atoms with E-state index in [1.807, 2.05) is 0 Å². The Balaban J connectivity index is 1.64. The van der Waals surface area contributed by atoms with Gasteiger partial charge in [0.05, 0.1) is 0 Å². The maximum Gasteiger partial charge on any atom is 0.0451 e. The molecule has 0 N–H and O–H groups in total. The van der Waals surface area contributed by atoms with Gasteiger partial charge in [0.15, 0.2) is 0 Å². The highest BCUT2D eigenvalue weighted by atomic mass is 35.7. The summed E-state index contributed by atoms with van der Waals surface area (Å²) in [5.74, 6) is 0. The third-order valence-electron chi connectivity index (χ3n) is 6.62. The standard InChI is InChI=1S/C30H38ClP/c31-32-26-18-7-5-3-1-2-4-6-17-25-30(27-19-11-8-12-20-27,28-21-13-9-14-22-28)29-23-15-10-16-24-29/h8-16,19-24,32H,1-7,17-18,25-26H2. The Morgan fingerprint density at radius 2 is 0.812 bits per heavy atom. The third-order valence-corrected chi connectivity index (χ3v) is 7.73. The molecule has 0 aliphatic rings. The second-order valence-electron chi connectivity index (χ2n) is 8.82. The zero-order valence-electron chi connectivity index (χ0n) is 19.3. The molecule has 0 aliphatic carbocycles. The fourth-order valence-electron chi connectivity index (χ4n) is 4.92. The molecule has 1 atom stereocenters. The van der Waals surface area contributed by atoms with E-state index in [1.54, 1.807) is 0 Å². The molecule has 0 saturated heterocycles. The molecule has 0 spiro atoms. The van der Waals surface area contributed by atoms with E-state index in [0.717, 1.165) is 6.42 Å². The molecule has 3 rings (SSSR count). The minimum absolute atomic E-state index is 0.0904. The van der Waals surface area contributed by atoms with Crippen LogP contribution in [0.5, 0.6) is 0 Å². The van der Waals surface area contributed by atoms with Gasteiger partial charge in [0.2, 0.25) is 0 Å². The molecular weight excluding hydrogens is 427 g/mol. The van der Waals surface area contributed by atoms with Crippen molar-refractivity contribution in [2.24, 2.45) is 0 Å². The minimum Gasteiger partial charge on any atom is -0.100 e. The van der Waals surface area contributed by atoms with E-state index in [0.29, 0.717) is 7.93 Å². The zero-order valence-corrected chi connectivity index (χ0v) is 21.1. The second kappa shape index (κ2) is 14.5. The Hall–Kier alpha value is -1.62. The highest BCUT2D eigenvalue weighted by molar-refractivity contribution is 7.68. The molecule has 3 aromatic rings. The molecule has 0 saturated carbocycles. The van der Waals surface area contributed by atoms with Gasteiger partial charge in [-0.05, 0) is 43.6 Å². The summed E-state index contributed by atoms with van der Waals surface area (Å²) in [6.45, 7) is 0. The maximum absolute atomic E-state index is 5.79. The summed E-state index contributed by atoms with van der Waals surface area (Å²) in [7, 11) is 0.605. The molecule has 1 unspecified atom stereocenters. The van der Waals surface area contributed by atoms with Crippen LogP contribution < -0.4 is 0 Å². The Morgan fingerprint density at radius 3 is 1.19 bits per heavy atom. The first-order valence-electron chi connectivity index (χ1n) is 12.4. The fourth-order valence-corrected chi connectivity index (χ4v) is 5.70. The van der Waals surface area contributed by atoms with Gasteiger partial charge >= 0.3 is 0 Å². The smallest absolute Gasteiger partial charge is 0.0451 e. The number of halogens is 1. The van der Waals surface area contributed by atoms with Crippen LogP contribution in [0.25, 0.3) is 0 Å². The van der Waals surface area contributed by atoms with E-state index in [2.05, 4.69) is 91.0 Å². The minimum atomic E-state index is -0.0904. The number of hydrogen-bond acceptors (Lipinski definition) is 0. The van der Waals surface area contributed by atoms with E-state index in [-0.39, 0.29) is 5.41 Å². The zero-order chi connectivity index (χ0) is 22.3. The molecule has 0 bridgehead atoms. The van der Waals surface area contributed by atoms with E-state index < -0.39 is 0 Å². The number of rotatable bonds is 15. The lowest BCUT2D eigenvalue weighted by molar-refractivity contribution is 0.494. The topological polar surface area (TPSA) is 0 Å². The summed E-state index contributed by atoms with van der Waals surface area (Å²) in [4.78, 5) is 0. The van der Waals surface area contributed by atoms with Crippen molar-refractivity contribution < 1.29 is 0 Å². The SMILES string of the molecule is ClPCCCCCCCCCCCC(c1ccccc1)(c1ccccc1)c1ccccc1. The number of benzene rings is 3. The van der Waals surface area contributed by atoms with Gasteiger partial charge in [0, 0.05) is 5.41 Å². The summed E-state index contributed by atoms with van der Waals surface area (Å²) in [6.07, 6.45) is 14.4. The molecule has 0 radical (unpaired) electrons. The van der Waals surface area contributed by atoms with Crippen LogP contribution in [0.2, 0.25) is 0 Å². The molecule has 170 valence electrons. The van der Waals surface area contributed by atoms with Crippen LogP contribution in [-0.2, 0) is 5.41 Å². The molecule has 0 fully saturated rings. The maximum atomic E-state index is 5.79. The molecule has 3 aromatic carbocycles. The Labute approximate surface area is 202 Å². The quantitative estimate of drug-likeness (QED) is 0.119. The van der Waals surface area contributed by atoms with Crippen molar-refractivity contribution in [2.75, 3.05) is 6.16 Å². The first kappa shape index (κ1) is 25.0. The highest BCUT2D eigenvalue weighted by Gasteiger charge is 2.35. The largest absolute Gasteiger partial charge is 0.100 e. The molecular formula is C30H38ClP. The molecule has 0 aromatic heterocycles. The van der Waals surface area contributed by atoms with Gasteiger partial charge in [-0.15, -0.1) is 11.2 Å². The molecule has 0 aliphatic heterocycles. The first-order valence-corrected chi connectivity index (χ1v) is 14.6. The van der Waals surface area contributed by atoms with Gasteiger partial charge in [0.25, 0.3) is 0 Å². The predicted molar refractivity (Wildman–Crippen MR) is 144 cm³/mol. The van der Waals surface area contributed by atoms with Gasteiger partial charge in [-0.1, -0.05) is 142 Å². The van der Waals surface area contributed by atoms with Crippen molar-refractivity contribution in [3.8, 4) is 0 Å². The lowest BCUT2D eigenvalue weighted by Gasteiger charge is -2.36. The average Bonchev–Trinajstić information content (AvgIpc) is 2.87. The van der Waals surface area contributed by atoms with E-state index in [9.17, 15) is 0 Å². The Morgan fingerprint density at radius 1 is 0.469 bits per heavy atom. The lowest BCUT2D eigenvalue weighted by atomic mass is 9.66. The van der Waals surface area contributed by atoms with Crippen molar-refractivity contribution in [2.45, 2.75) is 69.6 Å². The molecule has 0 amide bonds. The summed E-state index contributed by atoms with van der Waals surface area (Å²) in [5, 5.41) is 0. The van der Waals surface area contributed by atoms with E-state index in [1.165, 1.54) is 80.6 Å². The summed E-state index contributed by atoms with van der Waals surface area (Å²) in [6, 6.07) is 33.3. The molecule has 2 heteroatoms. The summed E-state index contributed by atoms with van der Waals surface area (Å²) >= 11 is 5.79. The molecule has 0 heterocycles. The van der Waals surface area contributed by atoms with Crippen molar-refractivity contribution in [1.82, 2.24) is 0 Å². The van der Waals surface area contributed by atoms with Crippen molar-refractivity contribution in [3.05, 3.63) is 108 Å². The predicted octanol–water partition coefficient (Wildman–Crippen LogP) is 9.75. The normalized spacial score (nSPS) is 11.9. The summed E-state index contributed by atoms with van der Waals surface area (Å²) < 4.78 is 0. The molecule has 32 heavy (non-hydrogen) atoms. The van der Waals surface area contributed by atoms with Crippen LogP contribution >= 0.6 is 19.2 Å². The van der Waals surface area contributed by atoms with Gasteiger partial charge < -0.3 is 0 Å². The van der Waals surface area contributed by atoms with Gasteiger partial charge in [0.1, 0.15) is 0 Å². The lowest BCUT2D eigenvalue weighted by Crippen LogP contribution is -2.29. The van der Waals surface area contributed by atoms with Crippen LogP contribution in [0.4, 0.5) is 0 Å². The van der Waals surface area contributed by atoms with E-state index >= 15 is 0 Å². The van der Waals surface area contributed by atoms with Crippen molar-refractivity contribution >= 4 is 19.2 Å². The van der Waals surface area contributed by atoms with Gasteiger partial charge in [-0.3, -0.25) is 0 Å². The third kappa shape index (κ3) is 7.19. The average molecular weight is 465 g/mol. The Kier molecular flexibility index (Phi) is 11.3. The van der Waals surface area contributed by atoms with Crippen LogP contribution in [-0.4, -0.2) is 6.16 Å². The number of unbranched alkanes of at least 4 members (excludes halogenated alkanes) is 8. The van der Waals surface area contributed by atoms with Crippen molar-refractivity contribution in [3.63, 3.8) is 0 Å². The Bertz CT molecular complexity index is 751. The van der Waals surface area contributed by atoms with Crippen LogP contribution in [0.1, 0.15) is 80.9 Å². The van der Waals surface area contributed by atoms with Gasteiger partial charge in [-0.2, -0.15) is 0 Å². The number of hydrogen-bond donors (Lipinski definition) is 0. The monoisotopic (exact) mass is 464 g/mol. The van der Waals surface area contributed by atoms with Crippen LogP contribution in [0, 0.1) is 0 Å². The van der Waals surface area contributed by atoms with Crippen LogP contribution in [0.3, 0.4) is 0 Å². The van der Waals surface area contributed by atoms with Crippen molar-refractivity contribution in [1.29, 1.82) is 0 Å². The first-order chi connectivity index (χ1) is 15.9. The highest BCUT2D eigenvalue weighted by Crippen LogP contribution is 2.43. The van der Waals surface area contributed by atoms with E-state index in [4.69, 9.17) is 11.2 Å². The fraction of sp³-hybridized carbons (Fsp3) is 0.400. The van der Waals surface area contributed by atoms with Crippen LogP contribution in [0.15, 0.2) is 91.0 Å². The molecule has 0 nitrogen and oxygen atoms in total. The summed E-state index contributed by atoms with van der Waals surface area (Å²) in [5.41, 5.74) is 4.10. The second-order valence-corrected chi connectivity index (χ2v) is 10.4. The van der Waals surface area contributed by atoms with Gasteiger partial charge in [-0.25, -0.2) is 0 Å².